The molecule has 82 valence electrons. The second-order valence-corrected chi connectivity index (χ2v) is 4.59. The standard InChI is InChI=1S/C14H15NO/c1-9(16)12-8-15-13-7-6-10-4-2-3-5-11(10)14(12)13/h6-8,15H,2-5H2,1H3. The molecule has 1 aliphatic rings. The zero-order chi connectivity index (χ0) is 11.1. The molecule has 0 aliphatic heterocycles. The zero-order valence-corrected chi connectivity index (χ0v) is 9.47. The Kier molecular flexibility index (Phi) is 2.10. The average Bonchev–Trinajstić information content (AvgIpc) is 2.73. The fraction of sp³-hybridized carbons (Fsp3) is 0.357. The second-order valence-electron chi connectivity index (χ2n) is 4.59. The normalized spacial score (nSPS) is 15.1. The van der Waals surface area contributed by atoms with Crippen LogP contribution in [0, 0.1) is 0 Å². The predicted molar refractivity (Wildman–Crippen MR) is 64.9 cm³/mol. The van der Waals surface area contributed by atoms with E-state index < -0.39 is 0 Å². The van der Waals surface area contributed by atoms with Gasteiger partial charge in [-0.2, -0.15) is 0 Å². The smallest absolute Gasteiger partial charge is 0.161 e. The highest BCUT2D eigenvalue weighted by Crippen LogP contribution is 2.31. The van der Waals surface area contributed by atoms with Gasteiger partial charge in [-0.25, -0.2) is 0 Å². The molecule has 0 saturated carbocycles. The zero-order valence-electron chi connectivity index (χ0n) is 9.47. The summed E-state index contributed by atoms with van der Waals surface area (Å²) < 4.78 is 0. The minimum atomic E-state index is 0.158. The maximum Gasteiger partial charge on any atom is 0.161 e. The Morgan fingerprint density at radius 2 is 2.06 bits per heavy atom. The van der Waals surface area contributed by atoms with E-state index in [4.69, 9.17) is 0 Å². The monoisotopic (exact) mass is 213 g/mol. The van der Waals surface area contributed by atoms with Gasteiger partial charge in [-0.1, -0.05) is 6.07 Å². The second kappa shape index (κ2) is 3.48. The Morgan fingerprint density at radius 1 is 1.25 bits per heavy atom. The quantitative estimate of drug-likeness (QED) is 0.725. The molecule has 2 aromatic rings. The number of hydrogen-bond acceptors (Lipinski definition) is 1. The molecule has 2 nitrogen and oxygen atoms in total. The molecule has 0 fully saturated rings. The first kappa shape index (κ1) is 9.64. The molecule has 1 aromatic carbocycles. The SMILES string of the molecule is CC(=O)c1c[nH]c2ccc3c(c12)CCCC3. The molecule has 0 spiro atoms. The Bertz CT molecular complexity index is 565. The molecule has 0 saturated heterocycles. The number of aromatic nitrogens is 1. The lowest BCUT2D eigenvalue weighted by Crippen LogP contribution is -2.04. The van der Waals surface area contributed by atoms with Crippen LogP contribution in [0.1, 0.15) is 41.3 Å². The summed E-state index contributed by atoms with van der Waals surface area (Å²) in [5.74, 6) is 0.158. The number of rotatable bonds is 1. The molecule has 0 amide bonds. The van der Waals surface area contributed by atoms with E-state index in [0.29, 0.717) is 0 Å². The summed E-state index contributed by atoms with van der Waals surface area (Å²) in [5.41, 5.74) is 4.79. The molecule has 3 rings (SSSR count). The first-order valence-corrected chi connectivity index (χ1v) is 5.90. The fourth-order valence-corrected chi connectivity index (χ4v) is 2.76. The largest absolute Gasteiger partial charge is 0.360 e. The highest BCUT2D eigenvalue weighted by molar-refractivity contribution is 6.08. The molecule has 1 aliphatic carbocycles. The van der Waals surface area contributed by atoms with Crippen molar-refractivity contribution in [3.63, 3.8) is 0 Å². The third-order valence-corrected chi connectivity index (χ3v) is 3.55. The summed E-state index contributed by atoms with van der Waals surface area (Å²) in [6.45, 7) is 1.64. The van der Waals surface area contributed by atoms with Crippen LogP contribution in [0.2, 0.25) is 0 Å². The number of Topliss-reactive ketones (excluding diaryl/α,β-unsaturated/α-hetero) is 1. The summed E-state index contributed by atoms with van der Waals surface area (Å²) >= 11 is 0. The lowest BCUT2D eigenvalue weighted by molar-refractivity contribution is 0.101. The molecule has 0 radical (unpaired) electrons. The molecular weight excluding hydrogens is 198 g/mol. The van der Waals surface area contributed by atoms with Crippen LogP contribution >= 0.6 is 0 Å². The van der Waals surface area contributed by atoms with E-state index in [1.54, 1.807) is 6.92 Å². The van der Waals surface area contributed by atoms with E-state index in [0.717, 1.165) is 23.9 Å². The van der Waals surface area contributed by atoms with Gasteiger partial charge in [-0.3, -0.25) is 4.79 Å². The van der Waals surface area contributed by atoms with E-state index in [2.05, 4.69) is 17.1 Å². The van der Waals surface area contributed by atoms with Crippen molar-refractivity contribution in [1.82, 2.24) is 4.98 Å². The minimum absolute atomic E-state index is 0.158. The highest BCUT2D eigenvalue weighted by Gasteiger charge is 2.17. The van der Waals surface area contributed by atoms with Crippen LogP contribution in [-0.2, 0) is 12.8 Å². The molecule has 0 bridgehead atoms. The summed E-state index contributed by atoms with van der Waals surface area (Å²) in [7, 11) is 0. The van der Waals surface area contributed by atoms with Gasteiger partial charge < -0.3 is 4.98 Å². The van der Waals surface area contributed by atoms with E-state index in [1.807, 2.05) is 6.20 Å². The summed E-state index contributed by atoms with van der Waals surface area (Å²) in [5, 5.41) is 1.17. The average molecular weight is 213 g/mol. The van der Waals surface area contributed by atoms with E-state index >= 15 is 0 Å². The van der Waals surface area contributed by atoms with Crippen molar-refractivity contribution < 1.29 is 4.79 Å². The van der Waals surface area contributed by atoms with Gasteiger partial charge in [-0.05, 0) is 49.8 Å². The first-order chi connectivity index (χ1) is 7.77. The highest BCUT2D eigenvalue weighted by atomic mass is 16.1. The summed E-state index contributed by atoms with van der Waals surface area (Å²) in [6.07, 6.45) is 6.65. The van der Waals surface area contributed by atoms with Gasteiger partial charge in [0.2, 0.25) is 0 Å². The maximum atomic E-state index is 11.6. The molecule has 1 N–H and O–H groups in total. The summed E-state index contributed by atoms with van der Waals surface area (Å²) in [4.78, 5) is 14.8. The van der Waals surface area contributed by atoms with Gasteiger partial charge in [0, 0.05) is 22.7 Å². The van der Waals surface area contributed by atoms with Crippen LogP contribution in [0.3, 0.4) is 0 Å². The maximum absolute atomic E-state index is 11.6. The molecule has 1 aromatic heterocycles. The van der Waals surface area contributed by atoms with Gasteiger partial charge in [0.25, 0.3) is 0 Å². The van der Waals surface area contributed by atoms with Gasteiger partial charge in [0.05, 0.1) is 0 Å². The number of fused-ring (bicyclic) bond motifs is 3. The lowest BCUT2D eigenvalue weighted by Gasteiger charge is -2.16. The van der Waals surface area contributed by atoms with Gasteiger partial charge in [0.1, 0.15) is 0 Å². The van der Waals surface area contributed by atoms with Crippen molar-refractivity contribution in [2.75, 3.05) is 0 Å². The number of carbonyl (C=O) groups is 1. The third-order valence-electron chi connectivity index (χ3n) is 3.55. The molecule has 0 atom stereocenters. The van der Waals surface area contributed by atoms with Crippen molar-refractivity contribution >= 4 is 16.7 Å². The van der Waals surface area contributed by atoms with Crippen LogP contribution < -0.4 is 0 Å². The molecule has 16 heavy (non-hydrogen) atoms. The van der Waals surface area contributed by atoms with Gasteiger partial charge in [0.15, 0.2) is 5.78 Å². The van der Waals surface area contributed by atoms with Crippen LogP contribution in [-0.4, -0.2) is 10.8 Å². The molecule has 1 heterocycles. The molecule has 2 heteroatoms. The van der Waals surface area contributed by atoms with Crippen molar-refractivity contribution in [2.45, 2.75) is 32.6 Å². The van der Waals surface area contributed by atoms with E-state index in [1.165, 1.54) is 29.4 Å². The lowest BCUT2D eigenvalue weighted by atomic mass is 9.88. The number of ketones is 1. The van der Waals surface area contributed by atoms with Crippen LogP contribution in [0.15, 0.2) is 18.3 Å². The molecule has 0 unspecified atom stereocenters. The number of aromatic amines is 1. The Morgan fingerprint density at radius 3 is 2.88 bits per heavy atom. The van der Waals surface area contributed by atoms with Crippen LogP contribution in [0.4, 0.5) is 0 Å². The molecular formula is C14H15NO. The number of H-pyrrole nitrogens is 1. The third kappa shape index (κ3) is 1.29. The summed E-state index contributed by atoms with van der Waals surface area (Å²) in [6, 6.07) is 4.31. The minimum Gasteiger partial charge on any atom is -0.360 e. The van der Waals surface area contributed by atoms with Crippen molar-refractivity contribution in [2.24, 2.45) is 0 Å². The topological polar surface area (TPSA) is 32.9 Å². The first-order valence-electron chi connectivity index (χ1n) is 5.90. The fourth-order valence-electron chi connectivity index (χ4n) is 2.76. The van der Waals surface area contributed by atoms with Crippen molar-refractivity contribution in [3.8, 4) is 0 Å². The Labute approximate surface area is 94.7 Å². The van der Waals surface area contributed by atoms with Gasteiger partial charge in [-0.15, -0.1) is 0 Å². The predicted octanol–water partition coefficient (Wildman–Crippen LogP) is 3.25. The van der Waals surface area contributed by atoms with Crippen molar-refractivity contribution in [1.29, 1.82) is 0 Å². The Hall–Kier alpha value is -1.57. The number of hydrogen-bond donors (Lipinski definition) is 1. The number of carbonyl (C=O) groups excluding carboxylic acids is 1. The van der Waals surface area contributed by atoms with Crippen LogP contribution in [0.5, 0.6) is 0 Å². The van der Waals surface area contributed by atoms with Crippen molar-refractivity contribution in [3.05, 3.63) is 35.0 Å². The van der Waals surface area contributed by atoms with Gasteiger partial charge >= 0.3 is 0 Å². The van der Waals surface area contributed by atoms with E-state index in [9.17, 15) is 4.79 Å². The Balaban J connectivity index is 2.35. The number of benzene rings is 1. The van der Waals surface area contributed by atoms with Crippen LogP contribution in [0.25, 0.3) is 10.9 Å². The van der Waals surface area contributed by atoms with E-state index in [-0.39, 0.29) is 5.78 Å². The number of nitrogens with one attached hydrogen (secondary N) is 1. The number of aryl methyl sites for hydroxylation is 2.